The minimum Gasteiger partial charge on any atom is -0.382 e. The molecule has 5 heteroatoms. The van der Waals surface area contributed by atoms with Crippen LogP contribution in [0.25, 0.3) is 16.6 Å². The molecular formula is C13H11N5. The van der Waals surface area contributed by atoms with Gasteiger partial charge in [0, 0.05) is 11.6 Å². The number of fused-ring (bicyclic) bond motifs is 1. The van der Waals surface area contributed by atoms with Crippen LogP contribution in [0.4, 0.5) is 0 Å². The van der Waals surface area contributed by atoms with Crippen molar-refractivity contribution in [1.82, 2.24) is 14.8 Å². The van der Waals surface area contributed by atoms with E-state index in [4.69, 9.17) is 11.1 Å². The highest BCUT2D eigenvalue weighted by Crippen LogP contribution is 2.19. The van der Waals surface area contributed by atoms with Crippen molar-refractivity contribution in [1.29, 1.82) is 5.41 Å². The molecule has 0 spiro atoms. The number of benzene rings is 1. The summed E-state index contributed by atoms with van der Waals surface area (Å²) in [6, 6.07) is 11.5. The number of aromatic nitrogens is 3. The summed E-state index contributed by atoms with van der Waals surface area (Å²) in [5.41, 5.74) is 7.66. The Morgan fingerprint density at radius 3 is 2.83 bits per heavy atom. The molecule has 0 saturated heterocycles. The lowest BCUT2D eigenvalue weighted by molar-refractivity contribution is 0.898. The number of hydrogen-bond acceptors (Lipinski definition) is 3. The van der Waals surface area contributed by atoms with Crippen molar-refractivity contribution in [3.05, 3.63) is 54.5 Å². The highest BCUT2D eigenvalue weighted by atomic mass is 15.3. The van der Waals surface area contributed by atoms with Gasteiger partial charge in [-0.1, -0.05) is 18.2 Å². The summed E-state index contributed by atoms with van der Waals surface area (Å²) in [6.07, 6.45) is 3.40. The normalized spacial score (nSPS) is 10.7. The predicted octanol–water partition coefficient (Wildman–Crippen LogP) is 1.70. The third-order valence-corrected chi connectivity index (χ3v) is 2.75. The molecule has 0 amide bonds. The maximum atomic E-state index is 7.56. The molecule has 3 rings (SSSR count). The minimum absolute atomic E-state index is 0.0646. The number of nitrogens with one attached hydrogen (secondary N) is 1. The first-order valence-electron chi connectivity index (χ1n) is 5.50. The van der Waals surface area contributed by atoms with Crippen LogP contribution in [-0.2, 0) is 0 Å². The van der Waals surface area contributed by atoms with Crippen LogP contribution in [0.3, 0.4) is 0 Å². The van der Waals surface area contributed by atoms with Crippen LogP contribution in [0.2, 0.25) is 0 Å². The standard InChI is InChI=1S/C13H11N5/c14-13(15)12-11(6-3-7-16-12)18-10-5-2-1-4-9(10)8-17-18/h1-8H,(H3,14,15). The molecule has 0 bridgehead atoms. The van der Waals surface area contributed by atoms with Crippen molar-refractivity contribution >= 4 is 16.7 Å². The molecule has 88 valence electrons. The minimum atomic E-state index is -0.0646. The van der Waals surface area contributed by atoms with Gasteiger partial charge in [-0.05, 0) is 18.2 Å². The molecule has 0 atom stereocenters. The Bertz CT molecular complexity index is 729. The van der Waals surface area contributed by atoms with Gasteiger partial charge in [-0.15, -0.1) is 0 Å². The van der Waals surface area contributed by atoms with Crippen LogP contribution in [0.5, 0.6) is 0 Å². The average Bonchev–Trinajstić information content (AvgIpc) is 2.82. The number of amidine groups is 1. The van der Waals surface area contributed by atoms with E-state index in [-0.39, 0.29) is 5.84 Å². The predicted molar refractivity (Wildman–Crippen MR) is 69.9 cm³/mol. The largest absolute Gasteiger partial charge is 0.382 e. The molecule has 3 N–H and O–H groups in total. The molecule has 0 fully saturated rings. The number of nitrogens with two attached hydrogens (primary N) is 1. The molecule has 0 aliphatic rings. The molecule has 3 aromatic rings. The summed E-state index contributed by atoms with van der Waals surface area (Å²) < 4.78 is 1.75. The quantitative estimate of drug-likeness (QED) is 0.526. The fourth-order valence-corrected chi connectivity index (χ4v) is 1.94. The SMILES string of the molecule is N=C(N)c1ncccc1-n1ncc2ccccc21. The zero-order valence-electron chi connectivity index (χ0n) is 9.54. The van der Waals surface area contributed by atoms with E-state index in [2.05, 4.69) is 10.1 Å². The first-order chi connectivity index (χ1) is 8.77. The van der Waals surface area contributed by atoms with Gasteiger partial charge in [-0.2, -0.15) is 5.10 Å². The molecule has 1 aromatic carbocycles. The van der Waals surface area contributed by atoms with Gasteiger partial charge in [-0.3, -0.25) is 10.4 Å². The van der Waals surface area contributed by atoms with Gasteiger partial charge in [0.15, 0.2) is 0 Å². The lowest BCUT2D eigenvalue weighted by Crippen LogP contribution is -2.17. The smallest absolute Gasteiger partial charge is 0.144 e. The summed E-state index contributed by atoms with van der Waals surface area (Å²) in [5.74, 6) is -0.0646. The fourth-order valence-electron chi connectivity index (χ4n) is 1.94. The van der Waals surface area contributed by atoms with Gasteiger partial charge in [0.2, 0.25) is 0 Å². The first kappa shape index (κ1) is 10.5. The van der Waals surface area contributed by atoms with E-state index in [0.717, 1.165) is 10.9 Å². The van der Waals surface area contributed by atoms with E-state index in [0.29, 0.717) is 11.4 Å². The number of hydrogen-bond donors (Lipinski definition) is 2. The van der Waals surface area contributed by atoms with Crippen LogP contribution in [0.1, 0.15) is 5.69 Å². The third kappa shape index (κ3) is 1.53. The highest BCUT2D eigenvalue weighted by Gasteiger charge is 2.11. The van der Waals surface area contributed by atoms with Gasteiger partial charge in [0.1, 0.15) is 11.5 Å². The second kappa shape index (κ2) is 3.96. The maximum Gasteiger partial charge on any atom is 0.144 e. The number of nitrogens with zero attached hydrogens (tertiary/aromatic N) is 3. The Labute approximate surface area is 103 Å². The van der Waals surface area contributed by atoms with Crippen LogP contribution < -0.4 is 5.73 Å². The zero-order valence-corrected chi connectivity index (χ0v) is 9.54. The topological polar surface area (TPSA) is 80.6 Å². The van der Waals surface area contributed by atoms with Crippen molar-refractivity contribution in [2.24, 2.45) is 5.73 Å². The molecule has 0 aliphatic heterocycles. The van der Waals surface area contributed by atoms with E-state index < -0.39 is 0 Å². The van der Waals surface area contributed by atoms with Gasteiger partial charge < -0.3 is 5.73 Å². The Hall–Kier alpha value is -2.69. The molecule has 0 radical (unpaired) electrons. The van der Waals surface area contributed by atoms with Crippen LogP contribution in [0, 0.1) is 5.41 Å². The Balaban J connectivity index is 2.30. The van der Waals surface area contributed by atoms with Gasteiger partial charge >= 0.3 is 0 Å². The number of para-hydroxylation sites is 1. The van der Waals surface area contributed by atoms with Crippen molar-refractivity contribution in [2.75, 3.05) is 0 Å². The molecule has 5 nitrogen and oxygen atoms in total. The second-order valence-electron chi connectivity index (χ2n) is 3.90. The van der Waals surface area contributed by atoms with Crippen LogP contribution in [0.15, 0.2) is 48.8 Å². The highest BCUT2D eigenvalue weighted by molar-refractivity contribution is 5.97. The Morgan fingerprint density at radius 2 is 2.00 bits per heavy atom. The van der Waals surface area contributed by atoms with Gasteiger partial charge in [0.05, 0.1) is 17.4 Å². The van der Waals surface area contributed by atoms with Crippen molar-refractivity contribution in [2.45, 2.75) is 0 Å². The monoisotopic (exact) mass is 237 g/mol. The third-order valence-electron chi connectivity index (χ3n) is 2.75. The van der Waals surface area contributed by atoms with Crippen LogP contribution in [-0.4, -0.2) is 20.6 Å². The summed E-state index contributed by atoms with van der Waals surface area (Å²) in [7, 11) is 0. The van der Waals surface area contributed by atoms with Crippen molar-refractivity contribution in [3.8, 4) is 5.69 Å². The molecule has 0 aliphatic carbocycles. The summed E-state index contributed by atoms with van der Waals surface area (Å²) in [5, 5.41) is 12.9. The fraction of sp³-hybridized carbons (Fsp3) is 0. The molecule has 18 heavy (non-hydrogen) atoms. The van der Waals surface area contributed by atoms with E-state index in [1.165, 1.54) is 0 Å². The van der Waals surface area contributed by atoms with E-state index in [1.54, 1.807) is 23.1 Å². The first-order valence-corrected chi connectivity index (χ1v) is 5.50. The Kier molecular flexibility index (Phi) is 2.30. The van der Waals surface area contributed by atoms with E-state index in [1.807, 2.05) is 30.3 Å². The lowest BCUT2D eigenvalue weighted by atomic mass is 10.2. The van der Waals surface area contributed by atoms with Gasteiger partial charge in [-0.25, -0.2) is 4.68 Å². The molecular weight excluding hydrogens is 226 g/mol. The summed E-state index contributed by atoms with van der Waals surface area (Å²) >= 11 is 0. The van der Waals surface area contributed by atoms with Gasteiger partial charge in [0.25, 0.3) is 0 Å². The summed E-state index contributed by atoms with van der Waals surface area (Å²) in [6.45, 7) is 0. The molecule has 0 unspecified atom stereocenters. The van der Waals surface area contributed by atoms with Crippen molar-refractivity contribution in [3.63, 3.8) is 0 Å². The van der Waals surface area contributed by atoms with Crippen molar-refractivity contribution < 1.29 is 0 Å². The number of pyridine rings is 1. The number of nitrogen functional groups attached to an aromatic ring is 1. The molecule has 0 saturated carbocycles. The van der Waals surface area contributed by atoms with E-state index in [9.17, 15) is 0 Å². The molecule has 2 aromatic heterocycles. The average molecular weight is 237 g/mol. The zero-order chi connectivity index (χ0) is 12.5. The lowest BCUT2D eigenvalue weighted by Gasteiger charge is -2.07. The van der Waals surface area contributed by atoms with E-state index >= 15 is 0 Å². The summed E-state index contributed by atoms with van der Waals surface area (Å²) in [4.78, 5) is 4.13. The molecule has 2 heterocycles. The van der Waals surface area contributed by atoms with Crippen LogP contribution >= 0.6 is 0 Å². The maximum absolute atomic E-state index is 7.56. The second-order valence-corrected chi connectivity index (χ2v) is 3.90. The number of rotatable bonds is 2. The Morgan fingerprint density at radius 1 is 1.17 bits per heavy atom.